The van der Waals surface area contributed by atoms with Crippen molar-refractivity contribution in [1.82, 2.24) is 20.0 Å². The lowest BCUT2D eigenvalue weighted by molar-refractivity contribution is -0.141. The van der Waals surface area contributed by atoms with Gasteiger partial charge in [0.15, 0.2) is 5.69 Å². The van der Waals surface area contributed by atoms with Crippen LogP contribution in [0, 0.1) is 5.92 Å². The Balaban J connectivity index is 1.93. The Bertz CT molecular complexity index is 591. The molecular formula is C14H20ClF3N4O2. The summed E-state index contributed by atoms with van der Waals surface area (Å²) in [6, 6.07) is 0. The second-order valence-corrected chi connectivity index (χ2v) is 6.17. The molecule has 0 unspecified atom stereocenters. The van der Waals surface area contributed by atoms with Crippen LogP contribution in [0.15, 0.2) is 0 Å². The van der Waals surface area contributed by atoms with Crippen molar-refractivity contribution in [2.45, 2.75) is 12.6 Å². The third-order valence-electron chi connectivity index (χ3n) is 4.01. The molecule has 0 aromatic carbocycles. The number of aromatic nitrogens is 2. The Kier molecular flexibility index (Phi) is 6.11. The molecule has 0 saturated carbocycles. The second-order valence-electron chi connectivity index (χ2n) is 5.79. The normalized spacial score (nSPS) is 19.0. The smallest absolute Gasteiger partial charge is 0.383 e. The summed E-state index contributed by atoms with van der Waals surface area (Å²) in [6.07, 6.45) is -3.78. The van der Waals surface area contributed by atoms with E-state index < -0.39 is 22.8 Å². The highest BCUT2D eigenvalue weighted by atomic mass is 35.5. The fourth-order valence-corrected chi connectivity index (χ4v) is 3.10. The molecule has 1 aromatic heterocycles. The average molecular weight is 369 g/mol. The fourth-order valence-electron chi connectivity index (χ4n) is 2.75. The lowest BCUT2D eigenvalue weighted by atomic mass is 10.1. The minimum Gasteiger partial charge on any atom is -0.383 e. The number of nitrogens with zero attached hydrogens (tertiary/aromatic N) is 3. The Morgan fingerprint density at radius 1 is 1.50 bits per heavy atom. The maximum atomic E-state index is 12.8. The minimum atomic E-state index is -4.69. The maximum absolute atomic E-state index is 12.8. The quantitative estimate of drug-likeness (QED) is 0.831. The molecule has 1 amide bonds. The van der Waals surface area contributed by atoms with Gasteiger partial charge in [0, 0.05) is 33.8 Å². The first-order valence-corrected chi connectivity index (χ1v) is 7.91. The van der Waals surface area contributed by atoms with E-state index in [0.29, 0.717) is 13.2 Å². The first-order chi connectivity index (χ1) is 11.2. The summed E-state index contributed by atoms with van der Waals surface area (Å²) >= 11 is 5.70. The largest absolute Gasteiger partial charge is 0.436 e. The van der Waals surface area contributed by atoms with E-state index >= 15 is 0 Å². The molecule has 2 rings (SSSR count). The molecule has 10 heteroatoms. The summed E-state index contributed by atoms with van der Waals surface area (Å²) in [6.45, 7) is 3.57. The van der Waals surface area contributed by atoms with Crippen LogP contribution in [0.3, 0.4) is 0 Å². The number of amides is 1. The van der Waals surface area contributed by atoms with Crippen molar-refractivity contribution in [3.63, 3.8) is 0 Å². The van der Waals surface area contributed by atoms with Gasteiger partial charge in [0.2, 0.25) is 0 Å². The van der Waals surface area contributed by atoms with Gasteiger partial charge in [-0.1, -0.05) is 11.6 Å². The van der Waals surface area contributed by atoms with Crippen molar-refractivity contribution in [3.05, 3.63) is 16.4 Å². The molecule has 0 radical (unpaired) electrons. The monoisotopic (exact) mass is 368 g/mol. The van der Waals surface area contributed by atoms with E-state index in [2.05, 4.69) is 15.3 Å². The lowest BCUT2D eigenvalue weighted by Crippen LogP contribution is -2.32. The number of methoxy groups -OCH3 is 1. The summed E-state index contributed by atoms with van der Waals surface area (Å²) in [5.41, 5.74) is -1.53. The number of hydrogen-bond donors (Lipinski definition) is 1. The number of hydrogen-bond acceptors (Lipinski definition) is 4. The summed E-state index contributed by atoms with van der Waals surface area (Å²) in [4.78, 5) is 14.4. The highest BCUT2D eigenvalue weighted by molar-refractivity contribution is 6.34. The number of carbonyl (C=O) groups excluding carboxylic acids is 1. The van der Waals surface area contributed by atoms with Gasteiger partial charge in [-0.2, -0.15) is 18.3 Å². The number of likely N-dealkylation sites (tertiary alicyclic amines) is 1. The topological polar surface area (TPSA) is 59.4 Å². The van der Waals surface area contributed by atoms with Gasteiger partial charge in [0.1, 0.15) is 10.7 Å². The van der Waals surface area contributed by atoms with Crippen LogP contribution in [0.25, 0.3) is 0 Å². The predicted octanol–water partition coefficient (Wildman–Crippen LogP) is 1.79. The van der Waals surface area contributed by atoms with Crippen molar-refractivity contribution in [2.75, 3.05) is 39.9 Å². The van der Waals surface area contributed by atoms with Gasteiger partial charge >= 0.3 is 6.18 Å². The third-order valence-corrected chi connectivity index (χ3v) is 4.36. The standard InChI is InChI=1S/C14H20ClF3N4O2/c1-21-11(10(15)12(20-21)14(16,17)18)13(23)19-7-9-3-4-22(8-9)5-6-24-2/h9H,3-8H2,1-2H3,(H,19,23)/t9-/m0/s1. The van der Waals surface area contributed by atoms with Crippen LogP contribution in [0.2, 0.25) is 5.02 Å². The zero-order valence-electron chi connectivity index (χ0n) is 13.5. The van der Waals surface area contributed by atoms with Crippen LogP contribution < -0.4 is 5.32 Å². The Morgan fingerprint density at radius 3 is 2.79 bits per heavy atom. The van der Waals surface area contributed by atoms with E-state index in [1.807, 2.05) is 0 Å². The molecule has 1 N–H and O–H groups in total. The highest BCUT2D eigenvalue weighted by Gasteiger charge is 2.39. The van der Waals surface area contributed by atoms with Crippen LogP contribution in [0.4, 0.5) is 13.2 Å². The number of rotatable bonds is 6. The van der Waals surface area contributed by atoms with E-state index in [1.165, 1.54) is 7.05 Å². The molecular weight excluding hydrogens is 349 g/mol. The van der Waals surface area contributed by atoms with Crippen LogP contribution in [-0.2, 0) is 18.0 Å². The average Bonchev–Trinajstić information content (AvgIpc) is 3.06. The van der Waals surface area contributed by atoms with Crippen molar-refractivity contribution in [3.8, 4) is 0 Å². The zero-order valence-corrected chi connectivity index (χ0v) is 14.2. The van der Waals surface area contributed by atoms with E-state index in [4.69, 9.17) is 16.3 Å². The molecule has 1 atom stereocenters. The summed E-state index contributed by atoms with van der Waals surface area (Å²) < 4.78 is 44.2. The molecule has 24 heavy (non-hydrogen) atoms. The van der Waals surface area contributed by atoms with Crippen LogP contribution in [-0.4, -0.2) is 60.5 Å². The van der Waals surface area contributed by atoms with Gasteiger partial charge in [0.25, 0.3) is 5.91 Å². The highest BCUT2D eigenvalue weighted by Crippen LogP contribution is 2.35. The molecule has 0 spiro atoms. The number of alkyl halides is 3. The number of ether oxygens (including phenoxy) is 1. The summed E-state index contributed by atoms with van der Waals surface area (Å²) in [5, 5.41) is 5.29. The SMILES string of the molecule is COCCN1CC[C@@H](CNC(=O)c2c(Cl)c(C(F)(F)F)nn2C)C1. The van der Waals surface area contributed by atoms with Crippen molar-refractivity contribution < 1.29 is 22.7 Å². The zero-order chi connectivity index (χ0) is 17.9. The number of aryl methyl sites for hydroxylation is 1. The molecule has 1 fully saturated rings. The molecule has 0 aliphatic carbocycles. The van der Waals surface area contributed by atoms with E-state index in [9.17, 15) is 18.0 Å². The van der Waals surface area contributed by atoms with Crippen molar-refractivity contribution in [2.24, 2.45) is 13.0 Å². The Hall–Kier alpha value is -1.32. The summed E-state index contributed by atoms with van der Waals surface area (Å²) in [7, 11) is 2.90. The number of carbonyl (C=O) groups is 1. The Morgan fingerprint density at radius 2 is 2.21 bits per heavy atom. The molecule has 1 aromatic rings. The van der Waals surface area contributed by atoms with Gasteiger partial charge in [0.05, 0.1) is 6.61 Å². The molecule has 2 heterocycles. The first-order valence-electron chi connectivity index (χ1n) is 7.53. The van der Waals surface area contributed by atoms with Crippen LogP contribution in [0.5, 0.6) is 0 Å². The third kappa shape index (κ3) is 4.40. The number of halogens is 4. The van der Waals surface area contributed by atoms with E-state index in [1.54, 1.807) is 7.11 Å². The first kappa shape index (κ1) is 19.0. The van der Waals surface area contributed by atoms with Gasteiger partial charge in [-0.15, -0.1) is 0 Å². The fraction of sp³-hybridized carbons (Fsp3) is 0.714. The van der Waals surface area contributed by atoms with E-state index in [0.717, 1.165) is 30.7 Å². The maximum Gasteiger partial charge on any atom is 0.436 e. The molecule has 1 aliphatic rings. The van der Waals surface area contributed by atoms with Gasteiger partial charge in [-0.25, -0.2) is 0 Å². The van der Waals surface area contributed by atoms with Crippen LogP contribution >= 0.6 is 11.6 Å². The number of nitrogens with one attached hydrogen (secondary N) is 1. The Labute approximate surface area is 142 Å². The predicted molar refractivity (Wildman–Crippen MR) is 82.0 cm³/mol. The lowest BCUT2D eigenvalue weighted by Gasteiger charge is -2.15. The van der Waals surface area contributed by atoms with Gasteiger partial charge in [-0.05, 0) is 18.9 Å². The van der Waals surface area contributed by atoms with Crippen LogP contribution in [0.1, 0.15) is 22.6 Å². The molecule has 6 nitrogen and oxygen atoms in total. The van der Waals surface area contributed by atoms with Crippen molar-refractivity contribution >= 4 is 17.5 Å². The van der Waals surface area contributed by atoms with Gasteiger partial charge < -0.3 is 15.0 Å². The van der Waals surface area contributed by atoms with Gasteiger partial charge in [-0.3, -0.25) is 9.48 Å². The molecule has 0 bridgehead atoms. The molecule has 136 valence electrons. The summed E-state index contributed by atoms with van der Waals surface area (Å²) in [5.74, 6) is -0.402. The molecule has 1 saturated heterocycles. The second kappa shape index (κ2) is 7.71. The van der Waals surface area contributed by atoms with E-state index in [-0.39, 0.29) is 11.6 Å². The minimum absolute atomic E-state index is 0.250. The molecule has 1 aliphatic heterocycles. The van der Waals surface area contributed by atoms with Crippen molar-refractivity contribution in [1.29, 1.82) is 0 Å².